The van der Waals surface area contributed by atoms with E-state index in [0.717, 1.165) is 12.8 Å². The maximum atomic E-state index is 12.2. The molecule has 1 amide bonds. The van der Waals surface area contributed by atoms with Gasteiger partial charge in [0.25, 0.3) is 5.91 Å². The van der Waals surface area contributed by atoms with Crippen LogP contribution in [0.2, 0.25) is 0 Å². The molecule has 0 spiro atoms. The lowest BCUT2D eigenvalue weighted by atomic mass is 10.2. The molecule has 110 valence electrons. The molecule has 0 radical (unpaired) electrons. The van der Waals surface area contributed by atoms with Crippen molar-refractivity contribution in [1.82, 2.24) is 10.0 Å². The summed E-state index contributed by atoms with van der Waals surface area (Å²) in [4.78, 5) is 11.6. The van der Waals surface area contributed by atoms with E-state index >= 15 is 0 Å². The molecule has 1 atom stereocenters. The van der Waals surface area contributed by atoms with Gasteiger partial charge in [-0.05, 0) is 31.0 Å². The van der Waals surface area contributed by atoms with Crippen molar-refractivity contribution in [2.75, 3.05) is 20.2 Å². The van der Waals surface area contributed by atoms with Crippen molar-refractivity contribution in [2.45, 2.75) is 23.8 Å². The molecule has 0 aliphatic carbocycles. The first-order valence-corrected chi connectivity index (χ1v) is 7.94. The first kappa shape index (κ1) is 15.0. The number of ether oxygens (including phenoxy) is 1. The molecular weight excluding hydrogens is 280 g/mol. The summed E-state index contributed by atoms with van der Waals surface area (Å²) in [5, 5.41) is 2.46. The summed E-state index contributed by atoms with van der Waals surface area (Å²) in [7, 11) is -2.12. The van der Waals surface area contributed by atoms with Gasteiger partial charge in [0, 0.05) is 25.8 Å². The zero-order valence-electron chi connectivity index (χ0n) is 11.3. The average Bonchev–Trinajstić information content (AvgIpc) is 2.98. The van der Waals surface area contributed by atoms with E-state index in [1.807, 2.05) is 0 Å². The minimum absolute atomic E-state index is 0.0631. The van der Waals surface area contributed by atoms with Crippen LogP contribution in [-0.2, 0) is 14.8 Å². The predicted octanol–water partition coefficient (Wildman–Crippen LogP) is 0.503. The maximum absolute atomic E-state index is 12.2. The molecule has 0 bridgehead atoms. The van der Waals surface area contributed by atoms with Crippen LogP contribution < -0.4 is 10.0 Å². The molecule has 1 aromatic carbocycles. The topological polar surface area (TPSA) is 84.5 Å². The van der Waals surface area contributed by atoms with E-state index in [0.29, 0.717) is 12.2 Å². The van der Waals surface area contributed by atoms with E-state index in [2.05, 4.69) is 10.0 Å². The van der Waals surface area contributed by atoms with Crippen molar-refractivity contribution in [1.29, 1.82) is 0 Å². The Labute approximate surface area is 118 Å². The van der Waals surface area contributed by atoms with Gasteiger partial charge in [-0.25, -0.2) is 13.1 Å². The first-order chi connectivity index (χ1) is 9.53. The molecule has 0 saturated carbocycles. The molecule has 1 fully saturated rings. The zero-order valence-corrected chi connectivity index (χ0v) is 12.1. The summed E-state index contributed by atoms with van der Waals surface area (Å²) in [6, 6.07) is 5.93. The van der Waals surface area contributed by atoms with Crippen LogP contribution in [0.25, 0.3) is 0 Å². The number of amides is 1. The van der Waals surface area contributed by atoms with Gasteiger partial charge in [0.05, 0.1) is 11.0 Å². The molecule has 6 nitrogen and oxygen atoms in total. The van der Waals surface area contributed by atoms with Gasteiger partial charge in [0.15, 0.2) is 0 Å². The lowest BCUT2D eigenvalue weighted by Gasteiger charge is -2.12. The highest BCUT2D eigenvalue weighted by atomic mass is 32.2. The van der Waals surface area contributed by atoms with Crippen LogP contribution in [0.3, 0.4) is 0 Å². The van der Waals surface area contributed by atoms with E-state index in [-0.39, 0.29) is 23.5 Å². The van der Waals surface area contributed by atoms with E-state index in [9.17, 15) is 13.2 Å². The first-order valence-electron chi connectivity index (χ1n) is 6.46. The van der Waals surface area contributed by atoms with E-state index in [1.165, 1.54) is 19.2 Å². The second-order valence-corrected chi connectivity index (χ2v) is 6.36. The van der Waals surface area contributed by atoms with Crippen LogP contribution in [0.15, 0.2) is 29.2 Å². The molecule has 7 heteroatoms. The predicted molar refractivity (Wildman–Crippen MR) is 74.0 cm³/mol. The Morgan fingerprint density at radius 1 is 1.45 bits per heavy atom. The summed E-state index contributed by atoms with van der Waals surface area (Å²) in [5.41, 5.74) is 0.312. The third kappa shape index (κ3) is 3.56. The van der Waals surface area contributed by atoms with Gasteiger partial charge >= 0.3 is 0 Å². The number of sulfonamides is 1. The molecule has 1 saturated heterocycles. The fraction of sp³-hybridized carbons (Fsp3) is 0.462. The number of carbonyl (C=O) groups is 1. The van der Waals surface area contributed by atoms with Gasteiger partial charge in [0.1, 0.15) is 0 Å². The molecule has 20 heavy (non-hydrogen) atoms. The Kier molecular flexibility index (Phi) is 4.74. The molecular formula is C13H18N2O4S. The lowest BCUT2D eigenvalue weighted by Crippen LogP contribution is -2.32. The van der Waals surface area contributed by atoms with Crippen LogP contribution >= 0.6 is 0 Å². The Morgan fingerprint density at radius 3 is 2.90 bits per heavy atom. The SMILES string of the molecule is CNC(=O)c1cccc(S(=O)(=O)NC[C@@H]2CCCO2)c1. The quantitative estimate of drug-likeness (QED) is 0.829. The highest BCUT2D eigenvalue weighted by Gasteiger charge is 2.20. The third-order valence-electron chi connectivity index (χ3n) is 3.16. The van der Waals surface area contributed by atoms with Gasteiger partial charge in [-0.15, -0.1) is 0 Å². The largest absolute Gasteiger partial charge is 0.377 e. The van der Waals surface area contributed by atoms with Crippen molar-refractivity contribution >= 4 is 15.9 Å². The van der Waals surface area contributed by atoms with Crippen LogP contribution in [-0.4, -0.2) is 40.6 Å². The normalized spacial score (nSPS) is 18.9. The second-order valence-electron chi connectivity index (χ2n) is 4.59. The molecule has 0 aromatic heterocycles. The molecule has 1 aliphatic rings. The van der Waals surface area contributed by atoms with E-state index in [1.54, 1.807) is 12.1 Å². The number of nitrogens with one attached hydrogen (secondary N) is 2. The van der Waals surface area contributed by atoms with E-state index in [4.69, 9.17) is 4.74 Å². The second kappa shape index (κ2) is 6.34. The fourth-order valence-corrected chi connectivity index (χ4v) is 3.15. The Hall–Kier alpha value is -1.44. The number of carbonyl (C=O) groups excluding carboxylic acids is 1. The molecule has 1 aromatic rings. The molecule has 0 unspecified atom stereocenters. The third-order valence-corrected chi connectivity index (χ3v) is 4.58. The summed E-state index contributed by atoms with van der Waals surface area (Å²) < 4.78 is 32.2. The van der Waals surface area contributed by atoms with Gasteiger partial charge < -0.3 is 10.1 Å². The molecule has 1 heterocycles. The number of benzene rings is 1. The lowest BCUT2D eigenvalue weighted by molar-refractivity contribution is 0.0963. The number of hydrogen-bond donors (Lipinski definition) is 2. The maximum Gasteiger partial charge on any atom is 0.251 e. The minimum Gasteiger partial charge on any atom is -0.377 e. The summed E-state index contributed by atoms with van der Waals surface area (Å²) in [6.07, 6.45) is 1.76. The van der Waals surface area contributed by atoms with Gasteiger partial charge in [-0.3, -0.25) is 4.79 Å². The smallest absolute Gasteiger partial charge is 0.251 e. The minimum atomic E-state index is -3.62. The van der Waals surface area contributed by atoms with Crippen LogP contribution in [0, 0.1) is 0 Å². The van der Waals surface area contributed by atoms with Crippen molar-refractivity contribution in [3.05, 3.63) is 29.8 Å². The van der Waals surface area contributed by atoms with Crippen molar-refractivity contribution in [3.63, 3.8) is 0 Å². The number of hydrogen-bond acceptors (Lipinski definition) is 4. The molecule has 1 aliphatic heterocycles. The van der Waals surface area contributed by atoms with Crippen LogP contribution in [0.4, 0.5) is 0 Å². The van der Waals surface area contributed by atoms with Crippen LogP contribution in [0.1, 0.15) is 23.2 Å². The zero-order chi connectivity index (χ0) is 14.6. The monoisotopic (exact) mass is 298 g/mol. The standard InChI is InChI=1S/C13H18N2O4S/c1-14-13(16)10-4-2-6-12(8-10)20(17,18)15-9-11-5-3-7-19-11/h2,4,6,8,11,15H,3,5,7,9H2,1H3,(H,14,16)/t11-/m0/s1. The van der Waals surface area contributed by atoms with Gasteiger partial charge in [-0.1, -0.05) is 6.07 Å². The molecule has 2 N–H and O–H groups in total. The van der Waals surface area contributed by atoms with E-state index < -0.39 is 10.0 Å². The van der Waals surface area contributed by atoms with Crippen molar-refractivity contribution in [3.8, 4) is 0 Å². The van der Waals surface area contributed by atoms with Crippen molar-refractivity contribution in [2.24, 2.45) is 0 Å². The van der Waals surface area contributed by atoms with Gasteiger partial charge in [-0.2, -0.15) is 0 Å². The highest BCUT2D eigenvalue weighted by Crippen LogP contribution is 2.14. The Morgan fingerprint density at radius 2 is 2.25 bits per heavy atom. The molecule has 2 rings (SSSR count). The Balaban J connectivity index is 2.10. The number of rotatable bonds is 5. The fourth-order valence-electron chi connectivity index (χ4n) is 2.04. The van der Waals surface area contributed by atoms with Crippen molar-refractivity contribution < 1.29 is 17.9 Å². The Bertz CT molecular complexity index is 580. The average molecular weight is 298 g/mol. The highest BCUT2D eigenvalue weighted by molar-refractivity contribution is 7.89. The van der Waals surface area contributed by atoms with Crippen LogP contribution in [0.5, 0.6) is 0 Å². The summed E-state index contributed by atoms with van der Waals surface area (Å²) in [6.45, 7) is 0.936. The summed E-state index contributed by atoms with van der Waals surface area (Å²) >= 11 is 0. The van der Waals surface area contributed by atoms with Gasteiger partial charge in [0.2, 0.25) is 10.0 Å². The summed E-state index contributed by atoms with van der Waals surface area (Å²) in [5.74, 6) is -0.318.